The van der Waals surface area contributed by atoms with Crippen LogP contribution in [0.2, 0.25) is 0 Å². The van der Waals surface area contributed by atoms with E-state index in [1.165, 1.54) is 21.8 Å². The first kappa shape index (κ1) is 19.5. The number of carbonyl (C=O) groups is 2. The second-order valence-electron chi connectivity index (χ2n) is 7.96. The van der Waals surface area contributed by atoms with Crippen molar-refractivity contribution >= 4 is 34.5 Å². The van der Waals surface area contributed by atoms with Crippen LogP contribution in [0.5, 0.6) is 0 Å². The first-order chi connectivity index (χ1) is 14.7. The lowest BCUT2D eigenvalue weighted by Crippen LogP contribution is -2.49. The average molecular weight is 437 g/mol. The molecule has 0 bridgehead atoms. The molecule has 2 amide bonds. The number of likely N-dealkylation sites (tertiary alicyclic amines) is 1. The number of rotatable bonds is 3. The van der Waals surface area contributed by atoms with Gasteiger partial charge in [-0.15, -0.1) is 22.7 Å². The average Bonchev–Trinajstić information content (AvgIpc) is 3.50. The standard InChI is InChI=1S/C24H24N2O2S2/c27-23(18-8-4-12-25(16-18)24(28)21-9-5-14-29-21)26-13-10-20-19(11-15-30-20)22(26)17-6-2-1-3-7-17/h1-3,5-7,9,11,14-15,18,22H,4,8,10,12-13,16H2/t18-,22+/m1/s1. The largest absolute Gasteiger partial charge is 0.337 e. The predicted octanol–water partition coefficient (Wildman–Crippen LogP) is 4.84. The first-order valence-electron chi connectivity index (χ1n) is 10.5. The maximum atomic E-state index is 13.7. The number of hydrogen-bond acceptors (Lipinski definition) is 4. The second kappa shape index (κ2) is 8.36. The molecule has 154 valence electrons. The number of hydrogen-bond donors (Lipinski definition) is 0. The van der Waals surface area contributed by atoms with Crippen LogP contribution in [0, 0.1) is 5.92 Å². The van der Waals surface area contributed by atoms with Crippen LogP contribution in [0.15, 0.2) is 59.3 Å². The van der Waals surface area contributed by atoms with Gasteiger partial charge in [-0.3, -0.25) is 9.59 Å². The lowest BCUT2D eigenvalue weighted by Gasteiger charge is -2.40. The highest BCUT2D eigenvalue weighted by molar-refractivity contribution is 7.12. The molecule has 2 aliphatic heterocycles. The molecule has 1 fully saturated rings. The van der Waals surface area contributed by atoms with Gasteiger partial charge in [-0.2, -0.15) is 0 Å². The Balaban J connectivity index is 1.40. The van der Waals surface area contributed by atoms with Crippen molar-refractivity contribution in [3.63, 3.8) is 0 Å². The summed E-state index contributed by atoms with van der Waals surface area (Å²) in [6, 6.07) is 16.2. The van der Waals surface area contributed by atoms with E-state index < -0.39 is 0 Å². The van der Waals surface area contributed by atoms with E-state index >= 15 is 0 Å². The minimum absolute atomic E-state index is 0.0305. The maximum absolute atomic E-state index is 13.7. The number of carbonyl (C=O) groups excluding carboxylic acids is 2. The molecule has 0 radical (unpaired) electrons. The Morgan fingerprint density at radius 2 is 1.80 bits per heavy atom. The van der Waals surface area contributed by atoms with Crippen LogP contribution in [0.3, 0.4) is 0 Å². The molecular formula is C24H24N2O2S2. The summed E-state index contributed by atoms with van der Waals surface area (Å²) >= 11 is 3.25. The van der Waals surface area contributed by atoms with Gasteiger partial charge in [0, 0.05) is 24.5 Å². The molecule has 2 atom stereocenters. The van der Waals surface area contributed by atoms with Gasteiger partial charge >= 0.3 is 0 Å². The summed E-state index contributed by atoms with van der Waals surface area (Å²) in [5.41, 5.74) is 2.42. The number of thiophene rings is 2. The quantitative estimate of drug-likeness (QED) is 0.590. The van der Waals surface area contributed by atoms with E-state index in [-0.39, 0.29) is 23.8 Å². The minimum Gasteiger partial charge on any atom is -0.337 e. The van der Waals surface area contributed by atoms with E-state index in [1.807, 2.05) is 40.6 Å². The van der Waals surface area contributed by atoms with E-state index in [0.717, 1.165) is 42.8 Å². The van der Waals surface area contributed by atoms with Gasteiger partial charge in [-0.1, -0.05) is 36.4 Å². The van der Waals surface area contributed by atoms with Crippen LogP contribution in [0.1, 0.15) is 44.6 Å². The smallest absolute Gasteiger partial charge is 0.263 e. The molecule has 0 spiro atoms. The van der Waals surface area contributed by atoms with Crippen molar-refractivity contribution in [1.82, 2.24) is 9.80 Å². The molecule has 4 heterocycles. The van der Waals surface area contributed by atoms with Crippen molar-refractivity contribution in [2.24, 2.45) is 5.92 Å². The molecule has 1 aromatic carbocycles. The lowest BCUT2D eigenvalue weighted by atomic mass is 9.90. The molecule has 3 aromatic rings. The topological polar surface area (TPSA) is 40.6 Å². The minimum atomic E-state index is -0.130. The van der Waals surface area contributed by atoms with Gasteiger partial charge in [-0.25, -0.2) is 0 Å². The normalized spacial score (nSPS) is 21.3. The van der Waals surface area contributed by atoms with E-state index in [0.29, 0.717) is 6.54 Å². The Hall–Kier alpha value is -2.44. The fraction of sp³-hybridized carbons (Fsp3) is 0.333. The molecule has 5 rings (SSSR count). The van der Waals surface area contributed by atoms with Crippen molar-refractivity contribution in [2.75, 3.05) is 19.6 Å². The van der Waals surface area contributed by atoms with Gasteiger partial charge in [0.1, 0.15) is 0 Å². The van der Waals surface area contributed by atoms with E-state index in [4.69, 9.17) is 0 Å². The van der Waals surface area contributed by atoms with Crippen LogP contribution >= 0.6 is 22.7 Å². The Bertz CT molecular complexity index is 1030. The molecule has 0 unspecified atom stereocenters. The van der Waals surface area contributed by atoms with Crippen LogP contribution in [-0.4, -0.2) is 41.2 Å². The number of amides is 2. The molecule has 6 heteroatoms. The fourth-order valence-electron chi connectivity index (χ4n) is 4.70. The van der Waals surface area contributed by atoms with Crippen LogP contribution in [0.25, 0.3) is 0 Å². The Morgan fingerprint density at radius 1 is 0.933 bits per heavy atom. The lowest BCUT2D eigenvalue weighted by molar-refractivity contribution is -0.139. The third-order valence-corrected chi connectivity index (χ3v) is 8.01. The highest BCUT2D eigenvalue weighted by Crippen LogP contribution is 2.39. The highest BCUT2D eigenvalue weighted by atomic mass is 32.1. The monoisotopic (exact) mass is 436 g/mol. The maximum Gasteiger partial charge on any atom is 0.263 e. The van der Waals surface area contributed by atoms with Gasteiger partial charge < -0.3 is 9.80 Å². The predicted molar refractivity (Wildman–Crippen MR) is 121 cm³/mol. The molecule has 2 aromatic heterocycles. The summed E-state index contributed by atoms with van der Waals surface area (Å²) in [5.74, 6) is 0.110. The Labute approximate surface area is 184 Å². The SMILES string of the molecule is O=C(c1cccs1)N1CCC[C@@H](C(=O)N2CCc3sccc3[C@@H]2c2ccccc2)C1. The Kier molecular flexibility index (Phi) is 5.44. The third-order valence-electron chi connectivity index (χ3n) is 6.15. The zero-order chi connectivity index (χ0) is 20.5. The zero-order valence-corrected chi connectivity index (χ0v) is 18.3. The summed E-state index contributed by atoms with van der Waals surface area (Å²) in [7, 11) is 0. The summed E-state index contributed by atoms with van der Waals surface area (Å²) in [4.78, 5) is 32.6. The summed E-state index contributed by atoms with van der Waals surface area (Å²) in [6.45, 7) is 1.99. The molecule has 30 heavy (non-hydrogen) atoms. The van der Waals surface area contributed by atoms with Gasteiger partial charge in [0.25, 0.3) is 5.91 Å². The van der Waals surface area contributed by atoms with Gasteiger partial charge in [0.2, 0.25) is 5.91 Å². The number of piperidine rings is 1. The third kappa shape index (κ3) is 3.59. The fourth-order valence-corrected chi connectivity index (χ4v) is 6.30. The van der Waals surface area contributed by atoms with Gasteiger partial charge in [0.15, 0.2) is 0 Å². The second-order valence-corrected chi connectivity index (χ2v) is 9.91. The molecule has 2 aliphatic rings. The first-order valence-corrected chi connectivity index (χ1v) is 12.2. The summed E-state index contributed by atoms with van der Waals surface area (Å²) < 4.78 is 0. The van der Waals surface area contributed by atoms with Crippen molar-refractivity contribution in [1.29, 1.82) is 0 Å². The molecule has 0 N–H and O–H groups in total. The zero-order valence-electron chi connectivity index (χ0n) is 16.7. The highest BCUT2D eigenvalue weighted by Gasteiger charge is 2.38. The number of nitrogens with zero attached hydrogens (tertiary/aromatic N) is 2. The number of fused-ring (bicyclic) bond motifs is 1. The molecular weight excluding hydrogens is 412 g/mol. The number of benzene rings is 1. The van der Waals surface area contributed by atoms with Crippen LogP contribution < -0.4 is 0 Å². The van der Waals surface area contributed by atoms with Crippen LogP contribution in [0.4, 0.5) is 0 Å². The van der Waals surface area contributed by atoms with E-state index in [2.05, 4.69) is 28.5 Å². The van der Waals surface area contributed by atoms with Crippen molar-refractivity contribution in [3.05, 3.63) is 80.2 Å². The van der Waals surface area contributed by atoms with Crippen molar-refractivity contribution in [3.8, 4) is 0 Å². The van der Waals surface area contributed by atoms with Crippen LogP contribution in [-0.2, 0) is 11.2 Å². The molecule has 0 saturated carbocycles. The molecule has 0 aliphatic carbocycles. The molecule has 4 nitrogen and oxygen atoms in total. The van der Waals surface area contributed by atoms with E-state index in [9.17, 15) is 9.59 Å². The van der Waals surface area contributed by atoms with Crippen molar-refractivity contribution in [2.45, 2.75) is 25.3 Å². The van der Waals surface area contributed by atoms with Gasteiger partial charge in [-0.05, 0) is 53.3 Å². The summed E-state index contributed by atoms with van der Waals surface area (Å²) in [6.07, 6.45) is 2.63. The van der Waals surface area contributed by atoms with Crippen molar-refractivity contribution < 1.29 is 9.59 Å². The summed E-state index contributed by atoms with van der Waals surface area (Å²) in [5, 5.41) is 4.06. The molecule has 1 saturated heterocycles. The Morgan fingerprint density at radius 3 is 2.60 bits per heavy atom. The van der Waals surface area contributed by atoms with Gasteiger partial charge in [0.05, 0.1) is 16.8 Å². The van der Waals surface area contributed by atoms with E-state index in [1.54, 1.807) is 11.3 Å².